The summed E-state index contributed by atoms with van der Waals surface area (Å²) < 4.78 is 14.5. The Morgan fingerprint density at radius 1 is 0.759 bits per heavy atom. The Hall–Kier alpha value is -2.15. The van der Waals surface area contributed by atoms with Crippen LogP contribution in [-0.4, -0.2) is 6.04 Å². The highest BCUT2D eigenvalue weighted by atomic mass is 31.2. The summed E-state index contributed by atoms with van der Waals surface area (Å²) in [6.07, 6.45) is 7.25. The van der Waals surface area contributed by atoms with Gasteiger partial charge in [-0.25, -0.2) is 0 Å². The lowest BCUT2D eigenvalue weighted by Crippen LogP contribution is -2.37. The molecule has 1 atom stereocenters. The molecule has 1 aliphatic carbocycles. The molecule has 29 heavy (non-hydrogen) atoms. The van der Waals surface area contributed by atoms with Gasteiger partial charge < -0.3 is 0 Å². The van der Waals surface area contributed by atoms with Crippen LogP contribution in [0.3, 0.4) is 0 Å². The zero-order valence-corrected chi connectivity index (χ0v) is 17.8. The Morgan fingerprint density at radius 3 is 1.76 bits per heavy atom. The van der Waals surface area contributed by atoms with Gasteiger partial charge in [0, 0.05) is 16.7 Å². The first-order valence-electron chi connectivity index (χ1n) is 10.8. The number of benzene rings is 3. The summed E-state index contributed by atoms with van der Waals surface area (Å²) in [6.45, 7) is 0. The zero-order valence-electron chi connectivity index (χ0n) is 16.9. The van der Waals surface area contributed by atoms with Gasteiger partial charge in [-0.1, -0.05) is 92.4 Å². The van der Waals surface area contributed by atoms with Gasteiger partial charge in [-0.05, 0) is 48.6 Å². The molecule has 0 spiro atoms. The van der Waals surface area contributed by atoms with Gasteiger partial charge in [0.15, 0.2) is 0 Å². The minimum absolute atomic E-state index is 0.187. The molecule has 3 heteroatoms. The summed E-state index contributed by atoms with van der Waals surface area (Å²) in [5.41, 5.74) is 1.30. The fourth-order valence-electron chi connectivity index (χ4n) is 4.56. The van der Waals surface area contributed by atoms with Crippen LogP contribution >= 0.6 is 7.29 Å². The van der Waals surface area contributed by atoms with Gasteiger partial charge in [0.2, 0.25) is 7.29 Å². The van der Waals surface area contributed by atoms with Crippen molar-refractivity contribution < 1.29 is 4.57 Å². The average molecular weight is 404 g/mol. The van der Waals surface area contributed by atoms with Gasteiger partial charge in [-0.2, -0.15) is 0 Å². The third-order valence-electron chi connectivity index (χ3n) is 6.02. The van der Waals surface area contributed by atoms with Crippen LogP contribution in [0.25, 0.3) is 0 Å². The zero-order chi connectivity index (χ0) is 19.9. The first kappa shape index (κ1) is 20.1. The molecule has 1 N–H and O–H groups in total. The molecule has 0 saturated heterocycles. The predicted octanol–water partition coefficient (Wildman–Crippen LogP) is 5.70. The van der Waals surface area contributed by atoms with Gasteiger partial charge in [-0.15, -0.1) is 0 Å². The molecule has 0 heterocycles. The monoisotopic (exact) mass is 403 g/mol. The molecule has 0 unspecified atom stereocenters. The summed E-state index contributed by atoms with van der Waals surface area (Å²) in [5, 5.41) is 5.46. The van der Waals surface area contributed by atoms with Crippen molar-refractivity contribution in [3.05, 3.63) is 96.6 Å². The van der Waals surface area contributed by atoms with E-state index in [2.05, 4.69) is 35.4 Å². The van der Waals surface area contributed by atoms with E-state index in [0.29, 0.717) is 0 Å². The van der Waals surface area contributed by atoms with Crippen molar-refractivity contribution >= 4 is 17.9 Å². The molecule has 4 rings (SSSR count). The predicted molar refractivity (Wildman–Crippen MR) is 123 cm³/mol. The molecule has 0 aromatic heterocycles. The molecule has 3 aromatic carbocycles. The number of nitrogens with one attached hydrogen (secondary N) is 1. The molecule has 1 fully saturated rings. The summed E-state index contributed by atoms with van der Waals surface area (Å²) in [7, 11) is -2.92. The van der Waals surface area contributed by atoms with Crippen molar-refractivity contribution in [3.8, 4) is 0 Å². The van der Waals surface area contributed by atoms with Crippen molar-refractivity contribution in [1.82, 2.24) is 5.09 Å². The van der Waals surface area contributed by atoms with Crippen LogP contribution in [0.5, 0.6) is 0 Å². The molecule has 0 amide bonds. The maximum atomic E-state index is 14.5. The number of hydrogen-bond acceptors (Lipinski definition) is 1. The van der Waals surface area contributed by atoms with Gasteiger partial charge in [0.05, 0.1) is 0 Å². The quantitative estimate of drug-likeness (QED) is 0.489. The van der Waals surface area contributed by atoms with E-state index in [1.807, 2.05) is 60.7 Å². The lowest BCUT2D eigenvalue weighted by Gasteiger charge is -2.29. The maximum absolute atomic E-state index is 14.5. The minimum Gasteiger partial charge on any atom is -0.297 e. The Morgan fingerprint density at radius 2 is 1.24 bits per heavy atom. The Bertz CT molecular complexity index is 877. The highest BCUT2D eigenvalue weighted by Gasteiger charge is 2.31. The lowest BCUT2D eigenvalue weighted by atomic mass is 9.94. The normalized spacial score (nSPS) is 16.0. The second-order valence-corrected chi connectivity index (χ2v) is 10.7. The van der Waals surface area contributed by atoms with Crippen molar-refractivity contribution in [2.45, 2.75) is 44.6 Å². The SMILES string of the molecule is O=P(N[C@H](Cc1ccccc1)CC1CCCC1)(c1ccccc1)c1ccccc1. The average Bonchev–Trinajstić information content (AvgIpc) is 3.28. The van der Waals surface area contributed by atoms with E-state index in [-0.39, 0.29) is 6.04 Å². The summed E-state index contributed by atoms with van der Waals surface area (Å²) in [5.74, 6) is 0.733. The fourth-order valence-corrected chi connectivity index (χ4v) is 7.05. The van der Waals surface area contributed by atoms with Gasteiger partial charge in [-0.3, -0.25) is 9.65 Å². The van der Waals surface area contributed by atoms with Gasteiger partial charge >= 0.3 is 0 Å². The van der Waals surface area contributed by atoms with E-state index >= 15 is 0 Å². The second-order valence-electron chi connectivity index (χ2n) is 8.18. The van der Waals surface area contributed by atoms with Gasteiger partial charge in [0.1, 0.15) is 0 Å². The first-order valence-corrected chi connectivity index (χ1v) is 12.5. The molecule has 1 aliphatic rings. The molecule has 0 radical (unpaired) electrons. The van der Waals surface area contributed by atoms with Crippen LogP contribution in [0, 0.1) is 5.92 Å². The number of rotatable bonds is 8. The van der Waals surface area contributed by atoms with E-state index < -0.39 is 7.29 Å². The molecule has 0 aliphatic heterocycles. The van der Waals surface area contributed by atoms with Crippen LogP contribution in [-0.2, 0) is 11.0 Å². The van der Waals surface area contributed by atoms with E-state index in [1.165, 1.54) is 31.2 Å². The molecule has 0 bridgehead atoms. The largest absolute Gasteiger partial charge is 0.297 e. The molecule has 1 saturated carbocycles. The fraction of sp³-hybridized carbons (Fsp3) is 0.308. The van der Waals surface area contributed by atoms with Crippen molar-refractivity contribution in [2.24, 2.45) is 5.92 Å². The summed E-state index contributed by atoms with van der Waals surface area (Å²) in [6, 6.07) is 30.7. The Balaban J connectivity index is 1.66. The smallest absolute Gasteiger partial charge is 0.204 e. The third kappa shape index (κ3) is 5.07. The van der Waals surface area contributed by atoms with Crippen LogP contribution in [0.1, 0.15) is 37.7 Å². The van der Waals surface area contributed by atoms with Crippen LogP contribution in [0.15, 0.2) is 91.0 Å². The summed E-state index contributed by atoms with van der Waals surface area (Å²) >= 11 is 0. The van der Waals surface area contributed by atoms with Crippen LogP contribution in [0.2, 0.25) is 0 Å². The van der Waals surface area contributed by atoms with E-state index in [9.17, 15) is 4.57 Å². The Kier molecular flexibility index (Phi) is 6.64. The van der Waals surface area contributed by atoms with E-state index in [0.717, 1.165) is 29.4 Å². The minimum atomic E-state index is -2.92. The van der Waals surface area contributed by atoms with Gasteiger partial charge in [0.25, 0.3) is 0 Å². The highest BCUT2D eigenvalue weighted by Crippen LogP contribution is 2.41. The lowest BCUT2D eigenvalue weighted by molar-refractivity contribution is 0.419. The van der Waals surface area contributed by atoms with Crippen molar-refractivity contribution in [2.75, 3.05) is 0 Å². The van der Waals surface area contributed by atoms with Crippen molar-refractivity contribution in [3.63, 3.8) is 0 Å². The van der Waals surface area contributed by atoms with Crippen LogP contribution < -0.4 is 15.7 Å². The third-order valence-corrected chi connectivity index (χ3v) is 8.80. The highest BCUT2D eigenvalue weighted by molar-refractivity contribution is 7.76. The van der Waals surface area contributed by atoms with E-state index in [4.69, 9.17) is 0 Å². The molecular weight excluding hydrogens is 373 g/mol. The van der Waals surface area contributed by atoms with E-state index in [1.54, 1.807) is 0 Å². The molecule has 3 aromatic rings. The maximum Gasteiger partial charge on any atom is 0.204 e. The topological polar surface area (TPSA) is 29.1 Å². The molecular formula is C26H30NOP. The van der Waals surface area contributed by atoms with Crippen LogP contribution in [0.4, 0.5) is 0 Å². The number of hydrogen-bond donors (Lipinski definition) is 1. The molecule has 2 nitrogen and oxygen atoms in total. The summed E-state index contributed by atoms with van der Waals surface area (Å²) in [4.78, 5) is 0. The Labute approximate surface area is 174 Å². The molecule has 150 valence electrons. The standard InChI is InChI=1S/C26H30NOP/c28-29(25-16-6-2-7-17-25,26-18-8-3-9-19-26)27-24(21-23-14-10-11-15-23)20-22-12-4-1-5-13-22/h1-9,12-13,16-19,23-24H,10-11,14-15,20-21H2,(H,27,28)/t24-/m1/s1. The second kappa shape index (κ2) is 9.57. The first-order chi connectivity index (χ1) is 14.2. The van der Waals surface area contributed by atoms with Crippen molar-refractivity contribution in [1.29, 1.82) is 0 Å².